The number of hydrogen-bond donors (Lipinski definition) is 1. The van der Waals surface area contributed by atoms with Gasteiger partial charge in [-0.2, -0.15) is 5.10 Å². The zero-order valence-electron chi connectivity index (χ0n) is 12.4. The Morgan fingerprint density at radius 2 is 1.90 bits per heavy atom. The molecule has 0 saturated heterocycles. The molecule has 3 nitrogen and oxygen atoms in total. The van der Waals surface area contributed by atoms with Gasteiger partial charge in [0.05, 0.1) is 5.69 Å². The summed E-state index contributed by atoms with van der Waals surface area (Å²) in [5.74, 6) is 0. The molecule has 0 atom stereocenters. The molecule has 1 aliphatic carbocycles. The van der Waals surface area contributed by atoms with Gasteiger partial charge in [0.15, 0.2) is 0 Å². The summed E-state index contributed by atoms with van der Waals surface area (Å²) < 4.78 is 2.11. The van der Waals surface area contributed by atoms with Gasteiger partial charge in [0.25, 0.3) is 0 Å². The summed E-state index contributed by atoms with van der Waals surface area (Å²) in [6.07, 6.45) is 3.49. The monoisotopic (exact) mass is 269 g/mol. The van der Waals surface area contributed by atoms with E-state index < -0.39 is 0 Å². The van der Waals surface area contributed by atoms with Crippen LogP contribution in [0.15, 0.2) is 30.3 Å². The first-order valence-corrected chi connectivity index (χ1v) is 7.53. The molecule has 0 radical (unpaired) electrons. The first-order valence-electron chi connectivity index (χ1n) is 7.53. The van der Waals surface area contributed by atoms with E-state index in [1.54, 1.807) is 0 Å². The van der Waals surface area contributed by atoms with Crippen LogP contribution in [0.25, 0.3) is 0 Å². The zero-order valence-corrected chi connectivity index (χ0v) is 12.4. The highest BCUT2D eigenvalue weighted by atomic mass is 15.3. The van der Waals surface area contributed by atoms with Crippen molar-refractivity contribution in [3.63, 3.8) is 0 Å². The van der Waals surface area contributed by atoms with Gasteiger partial charge in [0, 0.05) is 18.3 Å². The van der Waals surface area contributed by atoms with Gasteiger partial charge >= 0.3 is 0 Å². The van der Waals surface area contributed by atoms with Crippen LogP contribution in [-0.2, 0) is 19.4 Å². The average Bonchev–Trinajstić information content (AvgIpc) is 2.97. The zero-order chi connectivity index (χ0) is 13.9. The Balaban J connectivity index is 1.42. The molecule has 0 fully saturated rings. The fourth-order valence-electron chi connectivity index (χ4n) is 3.14. The van der Waals surface area contributed by atoms with Crippen LogP contribution in [0.5, 0.6) is 0 Å². The van der Waals surface area contributed by atoms with E-state index >= 15 is 0 Å². The van der Waals surface area contributed by atoms with E-state index in [1.807, 2.05) is 0 Å². The lowest BCUT2D eigenvalue weighted by molar-refractivity contribution is 0.483. The van der Waals surface area contributed by atoms with Crippen molar-refractivity contribution in [3.05, 3.63) is 52.8 Å². The number of nitrogens with zero attached hydrogens (tertiary/aromatic N) is 2. The van der Waals surface area contributed by atoms with Gasteiger partial charge in [0.2, 0.25) is 0 Å². The predicted octanol–water partition coefficient (Wildman–Crippen LogP) is 2.65. The SMILES string of the molecule is Cc1cc(C)n(CCCNC2Cc3ccccc3C2)n1. The van der Waals surface area contributed by atoms with Crippen LogP contribution in [0.3, 0.4) is 0 Å². The highest BCUT2D eigenvalue weighted by molar-refractivity contribution is 5.33. The third-order valence-corrected chi connectivity index (χ3v) is 4.13. The van der Waals surface area contributed by atoms with Crippen molar-refractivity contribution in [3.8, 4) is 0 Å². The molecular formula is C17H23N3. The predicted molar refractivity (Wildman–Crippen MR) is 82.0 cm³/mol. The molecule has 2 aromatic rings. The van der Waals surface area contributed by atoms with Crippen molar-refractivity contribution >= 4 is 0 Å². The number of rotatable bonds is 5. The largest absolute Gasteiger partial charge is 0.313 e. The van der Waals surface area contributed by atoms with Gasteiger partial charge in [-0.15, -0.1) is 0 Å². The van der Waals surface area contributed by atoms with Gasteiger partial charge in [0.1, 0.15) is 0 Å². The summed E-state index contributed by atoms with van der Waals surface area (Å²) in [4.78, 5) is 0. The fourth-order valence-corrected chi connectivity index (χ4v) is 3.14. The molecule has 1 heterocycles. The number of nitrogens with one attached hydrogen (secondary N) is 1. The Labute approximate surface area is 121 Å². The van der Waals surface area contributed by atoms with Crippen molar-refractivity contribution in [2.75, 3.05) is 6.54 Å². The molecule has 0 aliphatic heterocycles. The fraction of sp³-hybridized carbons (Fsp3) is 0.471. The van der Waals surface area contributed by atoms with Crippen LogP contribution in [0.4, 0.5) is 0 Å². The average molecular weight is 269 g/mol. The van der Waals surface area contributed by atoms with Crippen molar-refractivity contribution in [2.24, 2.45) is 0 Å². The minimum absolute atomic E-state index is 0.618. The molecule has 3 heteroatoms. The van der Waals surface area contributed by atoms with Gasteiger partial charge in [-0.3, -0.25) is 4.68 Å². The second-order valence-electron chi connectivity index (χ2n) is 5.83. The molecule has 0 spiro atoms. The summed E-state index contributed by atoms with van der Waals surface area (Å²) in [5, 5.41) is 8.18. The van der Waals surface area contributed by atoms with Gasteiger partial charge in [-0.05, 0) is 56.8 Å². The van der Waals surface area contributed by atoms with E-state index in [1.165, 1.54) is 29.7 Å². The summed E-state index contributed by atoms with van der Waals surface area (Å²) in [5.41, 5.74) is 5.41. The minimum Gasteiger partial charge on any atom is -0.313 e. The van der Waals surface area contributed by atoms with Crippen LogP contribution in [0, 0.1) is 13.8 Å². The molecule has 1 aromatic heterocycles. The summed E-state index contributed by atoms with van der Waals surface area (Å²) >= 11 is 0. The molecule has 20 heavy (non-hydrogen) atoms. The number of fused-ring (bicyclic) bond motifs is 1. The molecule has 1 N–H and O–H groups in total. The number of benzene rings is 1. The Morgan fingerprint density at radius 3 is 2.50 bits per heavy atom. The molecule has 106 valence electrons. The minimum atomic E-state index is 0.618. The lowest BCUT2D eigenvalue weighted by Gasteiger charge is -2.12. The van der Waals surface area contributed by atoms with Crippen molar-refractivity contribution < 1.29 is 0 Å². The van der Waals surface area contributed by atoms with E-state index in [4.69, 9.17) is 0 Å². The molecule has 0 amide bonds. The number of aromatic nitrogens is 2. The van der Waals surface area contributed by atoms with Crippen molar-refractivity contribution in [1.82, 2.24) is 15.1 Å². The van der Waals surface area contributed by atoms with E-state index in [0.717, 1.165) is 25.2 Å². The maximum absolute atomic E-state index is 4.50. The summed E-state index contributed by atoms with van der Waals surface area (Å²) in [6.45, 7) is 6.25. The highest BCUT2D eigenvalue weighted by Gasteiger charge is 2.19. The Hall–Kier alpha value is -1.61. The Morgan fingerprint density at radius 1 is 1.20 bits per heavy atom. The first-order chi connectivity index (χ1) is 9.72. The number of hydrogen-bond acceptors (Lipinski definition) is 2. The smallest absolute Gasteiger partial charge is 0.0596 e. The third-order valence-electron chi connectivity index (χ3n) is 4.13. The molecular weight excluding hydrogens is 246 g/mol. The quantitative estimate of drug-likeness (QED) is 0.846. The molecule has 1 aromatic carbocycles. The Bertz CT molecular complexity index is 561. The molecule has 0 bridgehead atoms. The summed E-state index contributed by atoms with van der Waals surface area (Å²) in [6, 6.07) is 11.6. The van der Waals surface area contributed by atoms with Crippen molar-refractivity contribution in [2.45, 2.75) is 45.7 Å². The van der Waals surface area contributed by atoms with E-state index in [2.05, 4.69) is 59.3 Å². The van der Waals surface area contributed by atoms with Crippen LogP contribution in [-0.4, -0.2) is 22.4 Å². The molecule has 0 unspecified atom stereocenters. The van der Waals surface area contributed by atoms with Gasteiger partial charge in [-0.25, -0.2) is 0 Å². The second kappa shape index (κ2) is 5.80. The van der Waals surface area contributed by atoms with E-state index in [9.17, 15) is 0 Å². The standard InChI is InChI=1S/C17H23N3/c1-13-10-14(2)20(19-13)9-5-8-18-17-11-15-6-3-4-7-16(15)12-17/h3-4,6-7,10,17-18H,5,8-9,11-12H2,1-2H3. The van der Waals surface area contributed by atoms with Crippen LogP contribution in [0.2, 0.25) is 0 Å². The topological polar surface area (TPSA) is 29.9 Å². The van der Waals surface area contributed by atoms with Crippen LogP contribution >= 0.6 is 0 Å². The molecule has 0 saturated carbocycles. The van der Waals surface area contributed by atoms with E-state index in [-0.39, 0.29) is 0 Å². The normalized spacial score (nSPS) is 14.7. The first kappa shape index (κ1) is 13.4. The number of aryl methyl sites for hydroxylation is 3. The van der Waals surface area contributed by atoms with Crippen molar-refractivity contribution in [1.29, 1.82) is 0 Å². The lowest BCUT2D eigenvalue weighted by atomic mass is 10.1. The molecule has 3 rings (SSSR count). The van der Waals surface area contributed by atoms with Gasteiger partial charge in [-0.1, -0.05) is 24.3 Å². The summed E-state index contributed by atoms with van der Waals surface area (Å²) in [7, 11) is 0. The maximum atomic E-state index is 4.50. The lowest BCUT2D eigenvalue weighted by Crippen LogP contribution is -2.31. The maximum Gasteiger partial charge on any atom is 0.0596 e. The van der Waals surface area contributed by atoms with Gasteiger partial charge < -0.3 is 5.32 Å². The van der Waals surface area contributed by atoms with Crippen LogP contribution < -0.4 is 5.32 Å². The second-order valence-corrected chi connectivity index (χ2v) is 5.83. The molecule has 1 aliphatic rings. The highest BCUT2D eigenvalue weighted by Crippen LogP contribution is 2.21. The van der Waals surface area contributed by atoms with Crippen LogP contribution in [0.1, 0.15) is 28.9 Å². The third kappa shape index (κ3) is 2.93. The van der Waals surface area contributed by atoms with E-state index in [0.29, 0.717) is 6.04 Å². The Kier molecular flexibility index (Phi) is 3.88.